The second-order valence-electron chi connectivity index (χ2n) is 6.65. The molecule has 1 aromatic heterocycles. The average Bonchev–Trinajstić information content (AvgIpc) is 2.96. The largest absolute Gasteiger partial charge is 0.463 e. The quantitative estimate of drug-likeness (QED) is 0.766. The number of benzene rings is 1. The van der Waals surface area contributed by atoms with Crippen LogP contribution in [0, 0.1) is 25.2 Å². The molecule has 29 heavy (non-hydrogen) atoms. The van der Waals surface area contributed by atoms with Gasteiger partial charge in [0.25, 0.3) is 0 Å². The molecular formula is C21H21ClN4O3. The highest BCUT2D eigenvalue weighted by molar-refractivity contribution is 6.31. The second-order valence-corrected chi connectivity index (χ2v) is 7.01. The zero-order chi connectivity index (χ0) is 21.3. The number of hydrogen-bond donors (Lipinski definition) is 1. The van der Waals surface area contributed by atoms with Crippen LogP contribution in [0.25, 0.3) is 5.69 Å². The van der Waals surface area contributed by atoms with Crippen molar-refractivity contribution in [2.45, 2.75) is 33.6 Å². The van der Waals surface area contributed by atoms with Crippen LogP contribution in [0.3, 0.4) is 0 Å². The molecule has 2 heterocycles. The topological polar surface area (TPSA) is 103 Å². The van der Waals surface area contributed by atoms with E-state index >= 15 is 0 Å². The predicted octanol–water partition coefficient (Wildman–Crippen LogP) is 3.79. The fourth-order valence-electron chi connectivity index (χ4n) is 3.34. The van der Waals surface area contributed by atoms with Gasteiger partial charge in [-0.15, -0.1) is 0 Å². The number of halogens is 1. The van der Waals surface area contributed by atoms with Crippen LogP contribution in [0.5, 0.6) is 0 Å². The van der Waals surface area contributed by atoms with Gasteiger partial charge in [0.05, 0.1) is 29.5 Å². The molecule has 1 aliphatic heterocycles. The van der Waals surface area contributed by atoms with Crippen molar-refractivity contribution in [3.8, 4) is 11.8 Å². The Morgan fingerprint density at radius 3 is 2.59 bits per heavy atom. The van der Waals surface area contributed by atoms with Crippen molar-refractivity contribution in [2.24, 2.45) is 5.73 Å². The van der Waals surface area contributed by atoms with Crippen LogP contribution in [0.15, 0.2) is 47.1 Å². The summed E-state index contributed by atoms with van der Waals surface area (Å²) < 4.78 is 12.2. The lowest BCUT2D eigenvalue weighted by molar-refractivity contribution is -0.139. The molecular weight excluding hydrogens is 392 g/mol. The molecule has 0 aliphatic carbocycles. The van der Waals surface area contributed by atoms with E-state index in [1.165, 1.54) is 0 Å². The van der Waals surface area contributed by atoms with E-state index in [0.29, 0.717) is 11.3 Å². The third-order valence-electron chi connectivity index (χ3n) is 4.72. The van der Waals surface area contributed by atoms with Crippen molar-refractivity contribution in [1.82, 2.24) is 9.78 Å². The number of allylic oxidation sites excluding steroid dienone is 2. The fourth-order valence-corrected chi connectivity index (χ4v) is 3.72. The average molecular weight is 413 g/mol. The monoisotopic (exact) mass is 412 g/mol. The van der Waals surface area contributed by atoms with Gasteiger partial charge in [0.1, 0.15) is 22.6 Å². The molecule has 2 N–H and O–H groups in total. The molecule has 0 fully saturated rings. The highest BCUT2D eigenvalue weighted by Gasteiger charge is 2.39. The molecule has 7 nitrogen and oxygen atoms in total. The Morgan fingerprint density at radius 1 is 1.34 bits per heavy atom. The zero-order valence-corrected chi connectivity index (χ0v) is 17.4. The molecule has 3 rings (SSSR count). The standard InChI is InChI=1S/C21H21ClN4O3/c1-5-28-21(27)17-13(4)29-20(24)15(10-23)18(17)16-12(3)25-26(19(16)22)14-8-6-11(2)7-9-14/h6-9,18H,5,24H2,1-4H3/t18-/m1/s1. The summed E-state index contributed by atoms with van der Waals surface area (Å²) in [6.45, 7) is 7.24. The molecule has 8 heteroatoms. The number of ether oxygens (including phenoxy) is 2. The van der Waals surface area contributed by atoms with E-state index < -0.39 is 11.9 Å². The first-order valence-electron chi connectivity index (χ1n) is 9.07. The van der Waals surface area contributed by atoms with Crippen LogP contribution >= 0.6 is 11.6 Å². The van der Waals surface area contributed by atoms with Crippen molar-refractivity contribution in [3.05, 3.63) is 69.0 Å². The van der Waals surface area contributed by atoms with Gasteiger partial charge in [-0.3, -0.25) is 0 Å². The van der Waals surface area contributed by atoms with Crippen LogP contribution in [-0.4, -0.2) is 22.4 Å². The van der Waals surface area contributed by atoms with E-state index in [1.54, 1.807) is 25.5 Å². The third-order valence-corrected chi connectivity index (χ3v) is 5.08. The highest BCUT2D eigenvalue weighted by atomic mass is 35.5. The van der Waals surface area contributed by atoms with Crippen molar-refractivity contribution < 1.29 is 14.3 Å². The minimum Gasteiger partial charge on any atom is -0.463 e. The van der Waals surface area contributed by atoms with Gasteiger partial charge in [0, 0.05) is 5.56 Å². The number of esters is 1. The number of hydrogen-bond acceptors (Lipinski definition) is 6. The maximum atomic E-state index is 12.7. The van der Waals surface area contributed by atoms with Crippen molar-refractivity contribution >= 4 is 17.6 Å². The second kappa shape index (κ2) is 8.02. The van der Waals surface area contributed by atoms with Gasteiger partial charge < -0.3 is 15.2 Å². The number of nitriles is 1. The van der Waals surface area contributed by atoms with E-state index in [4.69, 9.17) is 26.8 Å². The number of carbonyl (C=O) groups excluding carboxylic acids is 1. The first-order valence-corrected chi connectivity index (χ1v) is 9.45. The summed E-state index contributed by atoms with van der Waals surface area (Å²) >= 11 is 6.71. The van der Waals surface area contributed by atoms with Crippen LogP contribution in [0.2, 0.25) is 5.15 Å². The summed E-state index contributed by atoms with van der Waals surface area (Å²) in [7, 11) is 0. The third kappa shape index (κ3) is 3.59. The Kier molecular flexibility index (Phi) is 5.66. The zero-order valence-electron chi connectivity index (χ0n) is 16.6. The van der Waals surface area contributed by atoms with E-state index in [0.717, 1.165) is 11.3 Å². The number of aryl methyl sites for hydroxylation is 2. The summed E-state index contributed by atoms with van der Waals surface area (Å²) in [5.74, 6) is -1.22. The van der Waals surface area contributed by atoms with Crippen LogP contribution in [0.4, 0.5) is 0 Å². The van der Waals surface area contributed by atoms with E-state index in [1.807, 2.05) is 31.2 Å². The molecule has 1 atom stereocenters. The summed E-state index contributed by atoms with van der Waals surface area (Å²) in [5, 5.41) is 14.6. The number of rotatable bonds is 4. The van der Waals surface area contributed by atoms with Crippen molar-refractivity contribution in [1.29, 1.82) is 5.26 Å². The van der Waals surface area contributed by atoms with Gasteiger partial charge in [-0.1, -0.05) is 29.3 Å². The SMILES string of the molecule is CCOC(=O)C1=C(C)OC(N)=C(C#N)[C@@H]1c1c(C)nn(-c2ccc(C)cc2)c1Cl. The van der Waals surface area contributed by atoms with Gasteiger partial charge in [0.2, 0.25) is 5.88 Å². The Hall–Kier alpha value is -3.24. The van der Waals surface area contributed by atoms with E-state index in [9.17, 15) is 10.1 Å². The predicted molar refractivity (Wildman–Crippen MR) is 108 cm³/mol. The molecule has 0 amide bonds. The Morgan fingerprint density at radius 2 is 2.00 bits per heavy atom. The molecule has 0 spiro atoms. The first-order chi connectivity index (χ1) is 13.8. The Labute approximate surface area is 174 Å². The maximum Gasteiger partial charge on any atom is 0.338 e. The van der Waals surface area contributed by atoms with E-state index in [2.05, 4.69) is 11.2 Å². The van der Waals surface area contributed by atoms with Gasteiger partial charge in [-0.25, -0.2) is 9.48 Å². The van der Waals surface area contributed by atoms with Gasteiger partial charge >= 0.3 is 5.97 Å². The molecule has 0 radical (unpaired) electrons. The summed E-state index contributed by atoms with van der Waals surface area (Å²) in [6.07, 6.45) is 0. The minimum atomic E-state index is -0.834. The Bertz CT molecular complexity index is 1070. The molecule has 1 aliphatic rings. The number of carbonyl (C=O) groups is 1. The Balaban J connectivity index is 2.22. The lowest BCUT2D eigenvalue weighted by Crippen LogP contribution is -2.26. The summed E-state index contributed by atoms with van der Waals surface area (Å²) in [6, 6.07) is 9.73. The molecule has 1 aromatic carbocycles. The van der Waals surface area contributed by atoms with E-state index in [-0.39, 0.29) is 34.5 Å². The lowest BCUT2D eigenvalue weighted by Gasteiger charge is -2.26. The van der Waals surface area contributed by atoms with Gasteiger partial charge in [-0.2, -0.15) is 10.4 Å². The van der Waals surface area contributed by atoms with Crippen molar-refractivity contribution in [3.63, 3.8) is 0 Å². The number of nitrogens with zero attached hydrogens (tertiary/aromatic N) is 3. The minimum absolute atomic E-state index is 0.0680. The summed E-state index contributed by atoms with van der Waals surface area (Å²) in [4.78, 5) is 12.7. The fraction of sp³-hybridized carbons (Fsp3) is 0.286. The van der Waals surface area contributed by atoms with Crippen LogP contribution < -0.4 is 5.73 Å². The smallest absolute Gasteiger partial charge is 0.338 e. The molecule has 0 saturated carbocycles. The lowest BCUT2D eigenvalue weighted by atomic mass is 9.83. The molecule has 0 bridgehead atoms. The number of nitrogens with two attached hydrogens (primary N) is 1. The number of aromatic nitrogens is 2. The maximum absolute atomic E-state index is 12.7. The van der Waals surface area contributed by atoms with Gasteiger partial charge in [0.15, 0.2) is 0 Å². The normalized spacial score (nSPS) is 16.5. The molecule has 150 valence electrons. The van der Waals surface area contributed by atoms with Crippen LogP contribution in [0.1, 0.15) is 36.6 Å². The van der Waals surface area contributed by atoms with Gasteiger partial charge in [-0.05, 0) is 39.8 Å². The van der Waals surface area contributed by atoms with Crippen LogP contribution in [-0.2, 0) is 14.3 Å². The highest BCUT2D eigenvalue weighted by Crippen LogP contribution is 2.43. The first kappa shape index (κ1) is 20.5. The molecule has 0 saturated heterocycles. The molecule has 0 unspecified atom stereocenters. The van der Waals surface area contributed by atoms with Crippen molar-refractivity contribution in [2.75, 3.05) is 6.61 Å². The summed E-state index contributed by atoms with van der Waals surface area (Å²) in [5.41, 5.74) is 9.17. The molecule has 2 aromatic rings.